The third-order valence-corrected chi connectivity index (χ3v) is 1.85. The summed E-state index contributed by atoms with van der Waals surface area (Å²) in [6.07, 6.45) is 3.61. The van der Waals surface area contributed by atoms with Gasteiger partial charge in [-0.25, -0.2) is 0 Å². The van der Waals surface area contributed by atoms with Crippen molar-refractivity contribution in [2.24, 2.45) is 5.92 Å². The molecule has 0 saturated heterocycles. The van der Waals surface area contributed by atoms with E-state index in [2.05, 4.69) is 18.3 Å². The highest BCUT2D eigenvalue weighted by Gasteiger charge is 2.30. The van der Waals surface area contributed by atoms with E-state index in [0.29, 0.717) is 5.92 Å². The van der Waals surface area contributed by atoms with Crippen molar-refractivity contribution in [1.29, 1.82) is 5.26 Å². The maximum absolute atomic E-state index is 8.65. The molecule has 1 saturated carbocycles. The molecule has 2 nitrogen and oxygen atoms in total. The van der Waals surface area contributed by atoms with E-state index in [9.17, 15) is 0 Å². The molecule has 0 aromatic rings. The van der Waals surface area contributed by atoms with Gasteiger partial charge in [0.15, 0.2) is 0 Å². The van der Waals surface area contributed by atoms with Gasteiger partial charge in [0.05, 0.1) is 12.1 Å². The summed E-state index contributed by atoms with van der Waals surface area (Å²) < 4.78 is 0. The van der Waals surface area contributed by atoms with E-state index in [1.54, 1.807) is 0 Å². The third kappa shape index (κ3) is 2.00. The van der Waals surface area contributed by atoms with E-state index in [0.717, 1.165) is 13.0 Å². The largest absolute Gasteiger partial charge is 0.302 e. The minimum atomic E-state index is 0.139. The second kappa shape index (κ2) is 3.58. The summed E-state index contributed by atoms with van der Waals surface area (Å²) in [6.45, 7) is 3.10. The lowest BCUT2D eigenvalue weighted by molar-refractivity contribution is 0.546. The molecule has 0 heterocycles. The van der Waals surface area contributed by atoms with E-state index in [4.69, 9.17) is 5.26 Å². The fourth-order valence-corrected chi connectivity index (χ4v) is 1.05. The topological polar surface area (TPSA) is 35.8 Å². The molecule has 0 spiro atoms. The summed E-state index contributed by atoms with van der Waals surface area (Å²) in [6, 6.07) is 2.43. The van der Waals surface area contributed by atoms with Crippen molar-refractivity contribution in [2.45, 2.75) is 32.2 Å². The Kier molecular flexibility index (Phi) is 2.70. The van der Waals surface area contributed by atoms with Crippen molar-refractivity contribution in [1.82, 2.24) is 5.32 Å². The van der Waals surface area contributed by atoms with Crippen molar-refractivity contribution in [2.75, 3.05) is 6.54 Å². The number of nitrogens with one attached hydrogen (secondary N) is 1. The number of nitrogens with zero attached hydrogens (tertiary/aromatic N) is 1. The smallest absolute Gasteiger partial charge is 0.0981 e. The zero-order valence-electron chi connectivity index (χ0n) is 6.43. The number of hydrogen-bond donors (Lipinski definition) is 1. The SMILES string of the molecule is CCCNC(C#N)C1CC1. The molecule has 2 heteroatoms. The van der Waals surface area contributed by atoms with E-state index >= 15 is 0 Å². The standard InChI is InChI=1S/C8H14N2/c1-2-5-10-8(6-9)7-3-4-7/h7-8,10H,2-5H2,1H3. The van der Waals surface area contributed by atoms with Crippen LogP contribution < -0.4 is 5.32 Å². The van der Waals surface area contributed by atoms with E-state index in [-0.39, 0.29) is 6.04 Å². The molecule has 0 bridgehead atoms. The van der Waals surface area contributed by atoms with E-state index in [1.165, 1.54) is 12.8 Å². The van der Waals surface area contributed by atoms with Gasteiger partial charge in [0.25, 0.3) is 0 Å². The second-order valence-electron chi connectivity index (χ2n) is 2.90. The van der Waals surface area contributed by atoms with Crippen LogP contribution in [0.3, 0.4) is 0 Å². The molecule has 0 aromatic carbocycles. The van der Waals surface area contributed by atoms with Crippen LogP contribution in [0.25, 0.3) is 0 Å². The van der Waals surface area contributed by atoms with Gasteiger partial charge < -0.3 is 5.32 Å². The Labute approximate surface area is 62.2 Å². The summed E-state index contributed by atoms with van der Waals surface area (Å²) in [4.78, 5) is 0. The van der Waals surface area contributed by atoms with Crippen LogP contribution in [0.1, 0.15) is 26.2 Å². The Balaban J connectivity index is 2.15. The molecular formula is C8H14N2. The van der Waals surface area contributed by atoms with Crippen molar-refractivity contribution in [3.63, 3.8) is 0 Å². The maximum Gasteiger partial charge on any atom is 0.0981 e. The zero-order chi connectivity index (χ0) is 7.40. The maximum atomic E-state index is 8.65. The van der Waals surface area contributed by atoms with Crippen LogP contribution in [0.5, 0.6) is 0 Å². The first-order valence-electron chi connectivity index (χ1n) is 4.01. The van der Waals surface area contributed by atoms with Crippen molar-refractivity contribution >= 4 is 0 Å². The summed E-state index contributed by atoms with van der Waals surface area (Å²) in [5.74, 6) is 0.663. The molecule has 0 aliphatic heterocycles. The molecule has 0 amide bonds. The lowest BCUT2D eigenvalue weighted by atomic mass is 10.2. The van der Waals surface area contributed by atoms with Gasteiger partial charge in [-0.3, -0.25) is 0 Å². The van der Waals surface area contributed by atoms with Gasteiger partial charge in [-0.1, -0.05) is 6.92 Å². The van der Waals surface area contributed by atoms with Gasteiger partial charge in [0.2, 0.25) is 0 Å². The van der Waals surface area contributed by atoms with E-state index < -0.39 is 0 Å². The number of nitriles is 1. The van der Waals surface area contributed by atoms with Crippen molar-refractivity contribution in [3.05, 3.63) is 0 Å². The molecule has 0 aromatic heterocycles. The molecule has 1 aliphatic rings. The lowest BCUT2D eigenvalue weighted by Crippen LogP contribution is -2.29. The Hall–Kier alpha value is -0.550. The highest BCUT2D eigenvalue weighted by molar-refractivity contribution is 5.00. The zero-order valence-corrected chi connectivity index (χ0v) is 6.43. The monoisotopic (exact) mass is 138 g/mol. The predicted molar refractivity (Wildman–Crippen MR) is 40.4 cm³/mol. The molecule has 1 atom stereocenters. The molecule has 1 fully saturated rings. The average molecular weight is 138 g/mol. The normalized spacial score (nSPS) is 20.0. The van der Waals surface area contributed by atoms with Gasteiger partial charge in [-0.05, 0) is 31.7 Å². The Morgan fingerprint density at radius 3 is 2.80 bits per heavy atom. The van der Waals surface area contributed by atoms with Crippen LogP contribution in [0.15, 0.2) is 0 Å². The highest BCUT2D eigenvalue weighted by Crippen LogP contribution is 2.32. The Morgan fingerprint density at radius 1 is 1.70 bits per heavy atom. The van der Waals surface area contributed by atoms with Crippen LogP contribution in [-0.2, 0) is 0 Å². The lowest BCUT2D eigenvalue weighted by Gasteiger charge is -2.07. The average Bonchev–Trinajstić information content (AvgIpc) is 2.73. The highest BCUT2D eigenvalue weighted by atomic mass is 14.9. The molecule has 56 valence electrons. The van der Waals surface area contributed by atoms with Crippen molar-refractivity contribution < 1.29 is 0 Å². The first kappa shape index (κ1) is 7.56. The minimum Gasteiger partial charge on any atom is -0.302 e. The van der Waals surface area contributed by atoms with Crippen LogP contribution in [0.4, 0.5) is 0 Å². The summed E-state index contributed by atoms with van der Waals surface area (Å²) in [7, 11) is 0. The second-order valence-corrected chi connectivity index (χ2v) is 2.90. The van der Waals surface area contributed by atoms with Gasteiger partial charge in [-0.15, -0.1) is 0 Å². The third-order valence-electron chi connectivity index (χ3n) is 1.85. The quantitative estimate of drug-likeness (QED) is 0.635. The Bertz CT molecular complexity index is 133. The number of hydrogen-bond acceptors (Lipinski definition) is 2. The number of rotatable bonds is 4. The van der Waals surface area contributed by atoms with Crippen LogP contribution in [-0.4, -0.2) is 12.6 Å². The summed E-state index contributed by atoms with van der Waals surface area (Å²) in [5, 5.41) is 11.9. The van der Waals surface area contributed by atoms with Gasteiger partial charge in [0.1, 0.15) is 0 Å². The van der Waals surface area contributed by atoms with Gasteiger partial charge in [0, 0.05) is 0 Å². The van der Waals surface area contributed by atoms with Crippen molar-refractivity contribution in [3.8, 4) is 6.07 Å². The Morgan fingerprint density at radius 2 is 2.40 bits per heavy atom. The molecule has 1 N–H and O–H groups in total. The molecule has 0 radical (unpaired) electrons. The van der Waals surface area contributed by atoms with Crippen LogP contribution in [0, 0.1) is 17.2 Å². The predicted octanol–water partition coefficient (Wildman–Crippen LogP) is 1.29. The first-order chi connectivity index (χ1) is 4.88. The van der Waals surface area contributed by atoms with Crippen LogP contribution in [0.2, 0.25) is 0 Å². The van der Waals surface area contributed by atoms with Gasteiger partial charge >= 0.3 is 0 Å². The fourth-order valence-electron chi connectivity index (χ4n) is 1.05. The molecule has 1 unspecified atom stereocenters. The molecule has 1 rings (SSSR count). The summed E-state index contributed by atoms with van der Waals surface area (Å²) >= 11 is 0. The minimum absolute atomic E-state index is 0.139. The summed E-state index contributed by atoms with van der Waals surface area (Å²) in [5.41, 5.74) is 0. The fraction of sp³-hybridized carbons (Fsp3) is 0.875. The van der Waals surface area contributed by atoms with E-state index in [1.807, 2.05) is 0 Å². The molecule has 1 aliphatic carbocycles. The first-order valence-corrected chi connectivity index (χ1v) is 4.01. The molecule has 10 heavy (non-hydrogen) atoms. The molecular weight excluding hydrogens is 124 g/mol. The van der Waals surface area contributed by atoms with Gasteiger partial charge in [-0.2, -0.15) is 5.26 Å². The van der Waals surface area contributed by atoms with Crippen LogP contribution >= 0.6 is 0 Å².